The van der Waals surface area contributed by atoms with E-state index in [2.05, 4.69) is 49.5 Å². The van der Waals surface area contributed by atoms with Crippen molar-refractivity contribution in [2.75, 3.05) is 5.32 Å². The summed E-state index contributed by atoms with van der Waals surface area (Å²) >= 11 is 1.71. The molecule has 3 aromatic rings. The molecule has 0 aliphatic carbocycles. The number of H-pyrrole nitrogens is 1. The van der Waals surface area contributed by atoms with Gasteiger partial charge in [-0.05, 0) is 41.4 Å². The summed E-state index contributed by atoms with van der Waals surface area (Å²) in [5.41, 5.74) is 3.38. The average molecular weight is 270 g/mol. The van der Waals surface area contributed by atoms with E-state index in [4.69, 9.17) is 0 Å². The molecule has 5 heteroatoms. The maximum atomic E-state index is 4.34. The summed E-state index contributed by atoms with van der Waals surface area (Å²) in [6.45, 7) is 2.73. The molecule has 2 aromatic heterocycles. The van der Waals surface area contributed by atoms with Crippen molar-refractivity contribution in [3.05, 3.63) is 52.5 Å². The Labute approximate surface area is 115 Å². The van der Waals surface area contributed by atoms with Crippen molar-refractivity contribution >= 4 is 17.0 Å². The van der Waals surface area contributed by atoms with Crippen molar-refractivity contribution in [3.8, 4) is 11.4 Å². The second kappa shape index (κ2) is 5.24. The van der Waals surface area contributed by atoms with E-state index in [0.717, 1.165) is 29.4 Å². The van der Waals surface area contributed by atoms with Gasteiger partial charge in [-0.2, -0.15) is 16.4 Å². The van der Waals surface area contributed by atoms with Gasteiger partial charge in [0.2, 0.25) is 0 Å². The third-order valence-electron chi connectivity index (χ3n) is 2.79. The van der Waals surface area contributed by atoms with Gasteiger partial charge in [0, 0.05) is 17.8 Å². The Hall–Kier alpha value is -2.14. The van der Waals surface area contributed by atoms with Gasteiger partial charge in [-0.3, -0.25) is 5.10 Å². The van der Waals surface area contributed by atoms with Gasteiger partial charge in [0.1, 0.15) is 5.82 Å². The van der Waals surface area contributed by atoms with Gasteiger partial charge in [-0.15, -0.1) is 0 Å². The lowest BCUT2D eigenvalue weighted by Crippen LogP contribution is -1.98. The van der Waals surface area contributed by atoms with Gasteiger partial charge in [-0.1, -0.05) is 12.1 Å². The monoisotopic (exact) mass is 270 g/mol. The molecule has 0 radical (unpaired) electrons. The van der Waals surface area contributed by atoms with Crippen molar-refractivity contribution in [1.29, 1.82) is 0 Å². The molecule has 0 unspecified atom stereocenters. The van der Waals surface area contributed by atoms with Crippen LogP contribution in [-0.2, 0) is 6.54 Å². The fourth-order valence-corrected chi connectivity index (χ4v) is 2.51. The second-order valence-corrected chi connectivity index (χ2v) is 5.09. The number of nitrogens with zero attached hydrogens (tertiary/aromatic N) is 2. The largest absolute Gasteiger partial charge is 0.381 e. The van der Waals surface area contributed by atoms with E-state index in [1.54, 1.807) is 11.3 Å². The fraction of sp³-hybridized carbons (Fsp3) is 0.143. The maximum absolute atomic E-state index is 4.34. The fourth-order valence-electron chi connectivity index (χ4n) is 1.84. The molecule has 0 spiro atoms. The summed E-state index contributed by atoms with van der Waals surface area (Å²) < 4.78 is 0. The predicted octanol–water partition coefficient (Wildman–Crippen LogP) is 3.45. The van der Waals surface area contributed by atoms with Crippen LogP contribution in [0.5, 0.6) is 0 Å². The van der Waals surface area contributed by atoms with Crippen LogP contribution in [0.3, 0.4) is 0 Å². The molecule has 2 heterocycles. The minimum Gasteiger partial charge on any atom is -0.381 e. The Morgan fingerprint density at radius 3 is 3.00 bits per heavy atom. The number of hydrogen-bond donors (Lipinski definition) is 2. The maximum Gasteiger partial charge on any atom is 0.181 e. The number of hydrogen-bond acceptors (Lipinski definition) is 4. The Morgan fingerprint density at radius 1 is 1.32 bits per heavy atom. The molecule has 0 amide bonds. The zero-order valence-corrected chi connectivity index (χ0v) is 11.4. The van der Waals surface area contributed by atoms with Crippen LogP contribution in [0.25, 0.3) is 11.4 Å². The lowest BCUT2D eigenvalue weighted by molar-refractivity contribution is 1.04. The van der Waals surface area contributed by atoms with E-state index in [0.29, 0.717) is 0 Å². The number of thiophene rings is 1. The number of benzene rings is 1. The molecule has 19 heavy (non-hydrogen) atoms. The Kier molecular flexibility index (Phi) is 3.29. The highest BCUT2D eigenvalue weighted by Gasteiger charge is 2.04. The molecule has 2 N–H and O–H groups in total. The van der Waals surface area contributed by atoms with Crippen molar-refractivity contribution in [1.82, 2.24) is 15.2 Å². The van der Waals surface area contributed by atoms with E-state index >= 15 is 0 Å². The summed E-state index contributed by atoms with van der Waals surface area (Å²) in [5.74, 6) is 1.56. The van der Waals surface area contributed by atoms with Crippen LogP contribution in [0.15, 0.2) is 41.1 Å². The topological polar surface area (TPSA) is 53.6 Å². The highest BCUT2D eigenvalue weighted by atomic mass is 32.1. The number of nitrogens with one attached hydrogen (secondary N) is 2. The normalized spacial score (nSPS) is 10.6. The molecular formula is C14H14N4S. The summed E-state index contributed by atoms with van der Waals surface area (Å²) in [4.78, 5) is 4.34. The molecule has 0 aliphatic rings. The third-order valence-corrected chi connectivity index (χ3v) is 3.53. The zero-order valence-electron chi connectivity index (χ0n) is 10.6. The lowest BCUT2D eigenvalue weighted by Gasteiger charge is -2.06. The first-order valence-electron chi connectivity index (χ1n) is 6.05. The van der Waals surface area contributed by atoms with E-state index in [-0.39, 0.29) is 0 Å². The van der Waals surface area contributed by atoms with Crippen LogP contribution in [0.1, 0.15) is 11.4 Å². The molecule has 0 aliphatic heterocycles. The van der Waals surface area contributed by atoms with Crippen LogP contribution in [0, 0.1) is 6.92 Å². The molecule has 0 saturated carbocycles. The quantitative estimate of drug-likeness (QED) is 0.763. The van der Waals surface area contributed by atoms with E-state index < -0.39 is 0 Å². The first kappa shape index (κ1) is 11.9. The van der Waals surface area contributed by atoms with E-state index in [9.17, 15) is 0 Å². The van der Waals surface area contributed by atoms with Crippen LogP contribution < -0.4 is 5.32 Å². The van der Waals surface area contributed by atoms with Crippen molar-refractivity contribution in [3.63, 3.8) is 0 Å². The minimum atomic E-state index is 0.733. The van der Waals surface area contributed by atoms with Crippen molar-refractivity contribution in [2.24, 2.45) is 0 Å². The van der Waals surface area contributed by atoms with Crippen LogP contribution >= 0.6 is 11.3 Å². The molecule has 96 valence electrons. The molecule has 0 bridgehead atoms. The highest BCUT2D eigenvalue weighted by molar-refractivity contribution is 7.07. The minimum absolute atomic E-state index is 0.733. The molecule has 3 rings (SSSR count). The van der Waals surface area contributed by atoms with Gasteiger partial charge in [0.25, 0.3) is 0 Å². The predicted molar refractivity (Wildman–Crippen MR) is 78.2 cm³/mol. The van der Waals surface area contributed by atoms with Gasteiger partial charge in [-0.25, -0.2) is 4.98 Å². The Bertz CT molecular complexity index is 658. The molecule has 1 aromatic carbocycles. The van der Waals surface area contributed by atoms with E-state index in [1.807, 2.05) is 19.1 Å². The number of anilines is 1. The van der Waals surface area contributed by atoms with Crippen LogP contribution in [-0.4, -0.2) is 15.2 Å². The Balaban J connectivity index is 1.76. The number of aromatic nitrogens is 3. The van der Waals surface area contributed by atoms with E-state index in [1.165, 1.54) is 5.56 Å². The summed E-state index contributed by atoms with van der Waals surface area (Å²) in [5, 5.41) is 14.7. The highest BCUT2D eigenvalue weighted by Crippen LogP contribution is 2.20. The van der Waals surface area contributed by atoms with Gasteiger partial charge in [0.05, 0.1) is 0 Å². The number of rotatable bonds is 4. The second-order valence-electron chi connectivity index (χ2n) is 4.31. The first-order chi connectivity index (χ1) is 9.31. The average Bonchev–Trinajstić information content (AvgIpc) is 3.08. The summed E-state index contributed by atoms with van der Waals surface area (Å²) in [6.07, 6.45) is 0. The zero-order chi connectivity index (χ0) is 13.1. The Morgan fingerprint density at radius 2 is 2.26 bits per heavy atom. The van der Waals surface area contributed by atoms with Gasteiger partial charge < -0.3 is 5.32 Å². The molecular weight excluding hydrogens is 256 g/mol. The SMILES string of the molecule is Cc1nc(-c2cccc(NCc3ccsc3)c2)n[nH]1. The third kappa shape index (κ3) is 2.82. The van der Waals surface area contributed by atoms with Crippen molar-refractivity contribution in [2.45, 2.75) is 13.5 Å². The standard InChI is InChI=1S/C14H14N4S/c1-10-16-14(18-17-10)12-3-2-4-13(7-12)15-8-11-5-6-19-9-11/h2-7,9,15H,8H2,1H3,(H,16,17,18). The molecule has 0 saturated heterocycles. The molecule has 0 fully saturated rings. The first-order valence-corrected chi connectivity index (χ1v) is 7.00. The van der Waals surface area contributed by atoms with Crippen LogP contribution in [0.2, 0.25) is 0 Å². The van der Waals surface area contributed by atoms with Crippen molar-refractivity contribution < 1.29 is 0 Å². The van der Waals surface area contributed by atoms with Gasteiger partial charge in [0.15, 0.2) is 5.82 Å². The number of aromatic amines is 1. The summed E-state index contributed by atoms with van der Waals surface area (Å²) in [6, 6.07) is 10.3. The van der Waals surface area contributed by atoms with Gasteiger partial charge >= 0.3 is 0 Å². The number of aryl methyl sites for hydroxylation is 1. The summed E-state index contributed by atoms with van der Waals surface area (Å²) in [7, 11) is 0. The molecule has 0 atom stereocenters. The smallest absolute Gasteiger partial charge is 0.181 e. The molecule has 4 nitrogen and oxygen atoms in total. The lowest BCUT2D eigenvalue weighted by atomic mass is 10.2. The van der Waals surface area contributed by atoms with Crippen LogP contribution in [0.4, 0.5) is 5.69 Å².